The van der Waals surface area contributed by atoms with Crippen LogP contribution in [-0.2, 0) is 14.3 Å². The Hall–Kier alpha value is -2.11. The number of carbonyl (C=O) groups is 3. The maximum Gasteiger partial charge on any atom is 0.340 e. The van der Waals surface area contributed by atoms with Crippen molar-refractivity contribution < 1.29 is 23.9 Å². The minimum absolute atomic E-state index is 0.261. The zero-order valence-corrected chi connectivity index (χ0v) is 13.7. The van der Waals surface area contributed by atoms with Crippen LogP contribution in [-0.4, -0.2) is 35.4 Å². The van der Waals surface area contributed by atoms with Gasteiger partial charge in [0.2, 0.25) is 5.78 Å². The van der Waals surface area contributed by atoms with Crippen LogP contribution in [0.4, 0.5) is 0 Å². The summed E-state index contributed by atoms with van der Waals surface area (Å²) in [7, 11) is 0. The molecule has 1 aromatic rings. The predicted octanol–water partition coefficient (Wildman–Crippen LogP) is 2.72. The Balaban J connectivity index is 2.97. The predicted molar refractivity (Wildman–Crippen MR) is 81.0 cm³/mol. The summed E-state index contributed by atoms with van der Waals surface area (Å²) in [5.41, 5.74) is 1.71. The topological polar surface area (TPSA) is 85.5 Å². The lowest BCUT2D eigenvalue weighted by molar-refractivity contribution is -0.146. The standard InChI is InChI=1S/C16H23NO5/c1-6-8-12(18)22-11(5)15(19)14-9(3)13(10(4)17-14)16(20)21-7-2/h11,17H,6-8H2,1-5H3/t11-/m1/s1. The average Bonchev–Trinajstić information content (AvgIpc) is 2.73. The molecule has 0 amide bonds. The van der Waals surface area contributed by atoms with Gasteiger partial charge in [-0.15, -0.1) is 0 Å². The molecule has 0 aliphatic rings. The number of aromatic amines is 1. The molecule has 1 heterocycles. The first-order valence-electron chi connectivity index (χ1n) is 7.43. The second kappa shape index (κ2) is 7.77. The van der Waals surface area contributed by atoms with E-state index in [0.717, 1.165) is 0 Å². The van der Waals surface area contributed by atoms with E-state index in [0.29, 0.717) is 23.2 Å². The first-order valence-corrected chi connectivity index (χ1v) is 7.43. The maximum atomic E-state index is 12.4. The summed E-state index contributed by atoms with van der Waals surface area (Å²) in [6.07, 6.45) is 0.0350. The van der Waals surface area contributed by atoms with Gasteiger partial charge in [-0.2, -0.15) is 0 Å². The molecule has 0 spiro atoms. The van der Waals surface area contributed by atoms with Gasteiger partial charge >= 0.3 is 11.9 Å². The van der Waals surface area contributed by atoms with Crippen molar-refractivity contribution in [3.63, 3.8) is 0 Å². The summed E-state index contributed by atoms with van der Waals surface area (Å²) in [6.45, 7) is 8.73. The van der Waals surface area contributed by atoms with Crippen LogP contribution < -0.4 is 0 Å². The molecular weight excluding hydrogens is 286 g/mol. The van der Waals surface area contributed by atoms with E-state index < -0.39 is 18.0 Å². The van der Waals surface area contributed by atoms with Crippen molar-refractivity contribution in [1.29, 1.82) is 0 Å². The average molecular weight is 309 g/mol. The van der Waals surface area contributed by atoms with Crippen LogP contribution >= 0.6 is 0 Å². The van der Waals surface area contributed by atoms with Crippen LogP contribution in [0.1, 0.15) is 65.7 Å². The minimum atomic E-state index is -0.897. The fraction of sp³-hybridized carbons (Fsp3) is 0.562. The molecule has 1 N–H and O–H groups in total. The number of aromatic nitrogens is 1. The number of esters is 2. The van der Waals surface area contributed by atoms with Crippen LogP contribution in [0.2, 0.25) is 0 Å². The second-order valence-electron chi connectivity index (χ2n) is 5.09. The van der Waals surface area contributed by atoms with Gasteiger partial charge < -0.3 is 14.5 Å². The Morgan fingerprint density at radius 1 is 1.18 bits per heavy atom. The molecule has 1 rings (SSSR count). The summed E-state index contributed by atoms with van der Waals surface area (Å²) in [6, 6.07) is 0. The highest BCUT2D eigenvalue weighted by Gasteiger charge is 2.27. The van der Waals surface area contributed by atoms with Gasteiger partial charge in [0, 0.05) is 12.1 Å². The van der Waals surface area contributed by atoms with E-state index in [-0.39, 0.29) is 24.5 Å². The third-order valence-electron chi connectivity index (χ3n) is 3.30. The number of rotatable bonds is 7. The monoisotopic (exact) mass is 309 g/mol. The molecule has 0 bridgehead atoms. The summed E-state index contributed by atoms with van der Waals surface area (Å²) < 4.78 is 10.1. The molecule has 122 valence electrons. The molecule has 0 saturated carbocycles. The third-order valence-corrected chi connectivity index (χ3v) is 3.30. The van der Waals surface area contributed by atoms with E-state index in [1.54, 1.807) is 20.8 Å². The molecule has 0 unspecified atom stereocenters. The number of hydrogen-bond donors (Lipinski definition) is 1. The van der Waals surface area contributed by atoms with Gasteiger partial charge in [-0.25, -0.2) is 4.79 Å². The van der Waals surface area contributed by atoms with Crippen molar-refractivity contribution in [2.45, 2.75) is 53.6 Å². The molecule has 1 atom stereocenters. The van der Waals surface area contributed by atoms with Gasteiger partial charge in [-0.3, -0.25) is 9.59 Å². The van der Waals surface area contributed by atoms with Crippen molar-refractivity contribution in [1.82, 2.24) is 4.98 Å². The highest BCUT2D eigenvalue weighted by Crippen LogP contribution is 2.21. The number of ether oxygens (including phenoxy) is 2. The van der Waals surface area contributed by atoms with E-state index in [9.17, 15) is 14.4 Å². The number of aryl methyl sites for hydroxylation is 1. The fourth-order valence-electron chi connectivity index (χ4n) is 2.22. The van der Waals surface area contributed by atoms with Gasteiger partial charge in [0.15, 0.2) is 6.10 Å². The molecule has 0 saturated heterocycles. The summed E-state index contributed by atoms with van der Waals surface area (Å²) in [5, 5.41) is 0. The summed E-state index contributed by atoms with van der Waals surface area (Å²) in [4.78, 5) is 38.7. The first kappa shape index (κ1) is 17.9. The van der Waals surface area contributed by atoms with E-state index in [1.165, 1.54) is 6.92 Å². The SMILES string of the molecule is CCCC(=O)O[C@H](C)C(=O)c1[nH]c(C)c(C(=O)OCC)c1C. The van der Waals surface area contributed by atoms with Crippen LogP contribution in [0.25, 0.3) is 0 Å². The zero-order valence-electron chi connectivity index (χ0n) is 13.7. The Morgan fingerprint density at radius 2 is 1.82 bits per heavy atom. The molecule has 0 aliphatic heterocycles. The molecule has 6 heteroatoms. The van der Waals surface area contributed by atoms with E-state index in [4.69, 9.17) is 9.47 Å². The summed E-state index contributed by atoms with van der Waals surface area (Å²) >= 11 is 0. The quantitative estimate of drug-likeness (QED) is 0.618. The molecule has 0 radical (unpaired) electrons. The molecule has 0 aliphatic carbocycles. The number of H-pyrrole nitrogens is 1. The fourth-order valence-corrected chi connectivity index (χ4v) is 2.22. The normalized spacial score (nSPS) is 11.9. The second-order valence-corrected chi connectivity index (χ2v) is 5.09. The zero-order chi connectivity index (χ0) is 16.9. The molecule has 22 heavy (non-hydrogen) atoms. The van der Waals surface area contributed by atoms with Crippen molar-refractivity contribution in [3.05, 3.63) is 22.5 Å². The van der Waals surface area contributed by atoms with E-state index >= 15 is 0 Å². The molecule has 6 nitrogen and oxygen atoms in total. The van der Waals surface area contributed by atoms with Gasteiger partial charge in [-0.05, 0) is 39.7 Å². The van der Waals surface area contributed by atoms with Gasteiger partial charge in [-0.1, -0.05) is 6.92 Å². The van der Waals surface area contributed by atoms with Gasteiger partial charge in [0.1, 0.15) is 0 Å². The lowest BCUT2D eigenvalue weighted by Gasteiger charge is -2.11. The lowest BCUT2D eigenvalue weighted by atomic mass is 10.1. The van der Waals surface area contributed by atoms with Crippen molar-refractivity contribution in [2.24, 2.45) is 0 Å². The van der Waals surface area contributed by atoms with Crippen LogP contribution in [0.3, 0.4) is 0 Å². The summed E-state index contributed by atoms with van der Waals surface area (Å²) in [5.74, 6) is -1.24. The third kappa shape index (κ3) is 3.96. The van der Waals surface area contributed by atoms with E-state index in [1.807, 2.05) is 6.92 Å². The molecule has 0 aromatic carbocycles. The Labute approximate surface area is 130 Å². The highest BCUT2D eigenvalue weighted by atomic mass is 16.5. The number of carbonyl (C=O) groups excluding carboxylic acids is 3. The number of ketones is 1. The van der Waals surface area contributed by atoms with Crippen molar-refractivity contribution in [3.8, 4) is 0 Å². The largest absolute Gasteiger partial charge is 0.462 e. The molecule has 1 aromatic heterocycles. The highest BCUT2D eigenvalue weighted by molar-refractivity contribution is 6.03. The van der Waals surface area contributed by atoms with Crippen LogP contribution in [0.5, 0.6) is 0 Å². The number of hydrogen-bond acceptors (Lipinski definition) is 5. The van der Waals surface area contributed by atoms with Crippen molar-refractivity contribution in [2.75, 3.05) is 6.61 Å². The maximum absolute atomic E-state index is 12.4. The van der Waals surface area contributed by atoms with Crippen molar-refractivity contribution >= 4 is 17.7 Å². The number of nitrogens with one attached hydrogen (secondary N) is 1. The minimum Gasteiger partial charge on any atom is -0.462 e. The smallest absolute Gasteiger partial charge is 0.340 e. The van der Waals surface area contributed by atoms with Gasteiger partial charge in [0.05, 0.1) is 17.9 Å². The van der Waals surface area contributed by atoms with Gasteiger partial charge in [0.25, 0.3) is 0 Å². The number of Topliss-reactive ketones (excluding diaryl/α,β-unsaturated/α-hetero) is 1. The Kier molecular flexibility index (Phi) is 6.34. The van der Waals surface area contributed by atoms with E-state index in [2.05, 4.69) is 4.98 Å². The Bertz CT molecular complexity index is 573. The van der Waals surface area contributed by atoms with Crippen LogP contribution in [0, 0.1) is 13.8 Å². The lowest BCUT2D eigenvalue weighted by Crippen LogP contribution is -2.25. The molecular formula is C16H23NO5. The Morgan fingerprint density at radius 3 is 2.36 bits per heavy atom. The first-order chi connectivity index (χ1) is 10.3. The molecule has 0 fully saturated rings. The van der Waals surface area contributed by atoms with Crippen LogP contribution in [0.15, 0.2) is 0 Å².